The van der Waals surface area contributed by atoms with Crippen LogP contribution in [0.3, 0.4) is 0 Å². The van der Waals surface area contributed by atoms with Gasteiger partial charge in [0.15, 0.2) is 6.10 Å². The minimum absolute atomic E-state index is 0.214. The van der Waals surface area contributed by atoms with E-state index in [0.29, 0.717) is 28.9 Å². The molecule has 0 aliphatic carbocycles. The summed E-state index contributed by atoms with van der Waals surface area (Å²) in [6.07, 6.45) is 4.61. The van der Waals surface area contributed by atoms with Crippen LogP contribution in [0.25, 0.3) is 10.9 Å². The van der Waals surface area contributed by atoms with Gasteiger partial charge in [0.05, 0.1) is 24.4 Å². The van der Waals surface area contributed by atoms with Crippen LogP contribution in [0, 0.1) is 6.92 Å². The van der Waals surface area contributed by atoms with Crippen LogP contribution in [0.1, 0.15) is 30.4 Å². The van der Waals surface area contributed by atoms with Crippen molar-refractivity contribution in [2.24, 2.45) is 0 Å². The minimum atomic E-state index is -1.90. The Morgan fingerprint density at radius 1 is 1.29 bits per heavy atom. The molecule has 2 aromatic carbocycles. The highest BCUT2D eigenvalue weighted by Crippen LogP contribution is 2.35. The lowest BCUT2D eigenvalue weighted by atomic mass is 9.95. The van der Waals surface area contributed by atoms with E-state index in [2.05, 4.69) is 34.3 Å². The summed E-state index contributed by atoms with van der Waals surface area (Å²) < 4.78 is 23.4. The number of aliphatic hydroxyl groups excluding tert-OH is 1. The maximum absolute atomic E-state index is 12.1. The zero-order valence-electron chi connectivity index (χ0n) is 19.7. The van der Waals surface area contributed by atoms with Crippen molar-refractivity contribution >= 4 is 48.9 Å². The number of ether oxygens (including phenoxy) is 2. The summed E-state index contributed by atoms with van der Waals surface area (Å²) in [6.45, 7) is 4.72. The summed E-state index contributed by atoms with van der Waals surface area (Å²) in [5, 5.41) is 16.8. The van der Waals surface area contributed by atoms with Crippen LogP contribution >= 0.6 is 11.6 Å². The number of aryl methyl sites for hydroxylation is 1. The van der Waals surface area contributed by atoms with Gasteiger partial charge in [0.1, 0.15) is 24.0 Å². The second-order valence-corrected chi connectivity index (χ2v) is 12.5. The first-order valence-corrected chi connectivity index (χ1v) is 13.9. The van der Waals surface area contributed by atoms with E-state index in [1.54, 1.807) is 24.6 Å². The maximum atomic E-state index is 12.1. The summed E-state index contributed by atoms with van der Waals surface area (Å²) in [5.41, 5.74) is 3.67. The molecule has 9 heteroatoms. The van der Waals surface area contributed by atoms with Crippen molar-refractivity contribution < 1.29 is 18.8 Å². The SMILES string of the molecule is Cc1cc(C(C)CC=S(C)(C)=O)cc2ncnc(Nc3ccc(Cl)cc3OC3COCC3O)c12. The van der Waals surface area contributed by atoms with Gasteiger partial charge in [0.25, 0.3) is 0 Å². The molecule has 34 heavy (non-hydrogen) atoms. The Morgan fingerprint density at radius 3 is 2.79 bits per heavy atom. The Hall–Kier alpha value is -2.39. The van der Waals surface area contributed by atoms with Gasteiger partial charge in [-0.1, -0.05) is 24.6 Å². The van der Waals surface area contributed by atoms with Crippen LogP contribution in [0.4, 0.5) is 11.5 Å². The fourth-order valence-corrected chi connectivity index (χ4v) is 4.85. The van der Waals surface area contributed by atoms with E-state index in [9.17, 15) is 9.32 Å². The van der Waals surface area contributed by atoms with E-state index in [1.165, 1.54) is 6.33 Å². The van der Waals surface area contributed by atoms with Crippen molar-refractivity contribution in [1.82, 2.24) is 9.97 Å². The fourth-order valence-electron chi connectivity index (χ4n) is 3.93. The van der Waals surface area contributed by atoms with E-state index in [-0.39, 0.29) is 12.5 Å². The summed E-state index contributed by atoms with van der Waals surface area (Å²) in [7, 11) is -1.90. The zero-order chi connectivity index (χ0) is 24.5. The topological polar surface area (TPSA) is 93.6 Å². The average molecular weight is 504 g/mol. The number of fused-ring (bicyclic) bond motifs is 1. The van der Waals surface area contributed by atoms with Crippen molar-refractivity contribution in [2.45, 2.75) is 38.4 Å². The molecule has 1 fully saturated rings. The summed E-state index contributed by atoms with van der Waals surface area (Å²) in [5.74, 6) is 1.37. The molecule has 1 aromatic heterocycles. The van der Waals surface area contributed by atoms with Gasteiger partial charge < -0.3 is 19.9 Å². The lowest BCUT2D eigenvalue weighted by Gasteiger charge is -2.20. The highest BCUT2D eigenvalue weighted by atomic mass is 35.5. The van der Waals surface area contributed by atoms with Crippen LogP contribution < -0.4 is 10.1 Å². The molecule has 0 saturated carbocycles. The first-order valence-electron chi connectivity index (χ1n) is 11.1. The number of benzene rings is 2. The molecule has 0 amide bonds. The van der Waals surface area contributed by atoms with Gasteiger partial charge in [-0.15, -0.1) is 0 Å². The van der Waals surface area contributed by atoms with Crippen LogP contribution in [-0.4, -0.2) is 62.6 Å². The predicted octanol–water partition coefficient (Wildman–Crippen LogP) is 4.31. The highest BCUT2D eigenvalue weighted by molar-refractivity contribution is 8.00. The van der Waals surface area contributed by atoms with Crippen LogP contribution in [0.5, 0.6) is 5.75 Å². The second kappa shape index (κ2) is 10.1. The van der Waals surface area contributed by atoms with Crippen LogP contribution in [0.15, 0.2) is 36.7 Å². The summed E-state index contributed by atoms with van der Waals surface area (Å²) in [4.78, 5) is 8.99. The lowest BCUT2D eigenvalue weighted by molar-refractivity contribution is 0.0738. The van der Waals surface area contributed by atoms with Gasteiger partial charge in [-0.05, 0) is 63.5 Å². The van der Waals surface area contributed by atoms with Gasteiger partial charge in [0.2, 0.25) is 0 Å². The molecule has 3 atom stereocenters. The molecule has 3 unspecified atom stereocenters. The summed E-state index contributed by atoms with van der Waals surface area (Å²) >= 11 is 6.21. The van der Waals surface area contributed by atoms with E-state index >= 15 is 0 Å². The number of anilines is 2. The third kappa shape index (κ3) is 5.81. The third-order valence-electron chi connectivity index (χ3n) is 5.85. The molecule has 1 aliphatic rings. The number of nitrogens with one attached hydrogen (secondary N) is 1. The molecule has 0 radical (unpaired) electrons. The Bertz CT molecular complexity index is 1320. The third-order valence-corrected chi connectivity index (χ3v) is 7.08. The number of rotatable bonds is 7. The number of aromatic nitrogens is 2. The van der Waals surface area contributed by atoms with E-state index in [1.807, 2.05) is 18.4 Å². The molecule has 1 aliphatic heterocycles. The highest BCUT2D eigenvalue weighted by Gasteiger charge is 2.29. The first kappa shape index (κ1) is 24.7. The van der Waals surface area contributed by atoms with Gasteiger partial charge in [-0.25, -0.2) is 9.97 Å². The molecule has 3 aromatic rings. The standard InChI is InChI=1S/C25H30ClN3O4S/c1-15(7-8-34(3,4)31)17-9-16(2)24-20(10-17)27-14-28-25(24)29-19-6-5-18(26)11-22(19)33-23-13-32-12-21(23)30/h5-6,8-11,14-15,21,23,30H,7,12-13H2,1-4H3,(H,27,28,29). The second-order valence-electron chi connectivity index (χ2n) is 9.09. The van der Waals surface area contributed by atoms with Gasteiger partial charge in [-0.2, -0.15) is 0 Å². The van der Waals surface area contributed by atoms with Gasteiger partial charge >= 0.3 is 0 Å². The lowest BCUT2D eigenvalue weighted by Crippen LogP contribution is -2.29. The largest absolute Gasteiger partial charge is 0.483 e. The van der Waals surface area contributed by atoms with E-state index in [0.717, 1.165) is 28.5 Å². The average Bonchev–Trinajstić information content (AvgIpc) is 3.17. The quantitative estimate of drug-likeness (QED) is 0.464. The molecule has 0 bridgehead atoms. The van der Waals surface area contributed by atoms with Crippen LogP contribution in [-0.2, 0) is 14.3 Å². The van der Waals surface area contributed by atoms with Crippen LogP contribution in [0.2, 0.25) is 5.02 Å². The van der Waals surface area contributed by atoms with Crippen molar-refractivity contribution in [2.75, 3.05) is 31.0 Å². The molecule has 1 saturated heterocycles. The number of aliphatic hydroxyl groups is 1. The van der Waals surface area contributed by atoms with Gasteiger partial charge in [0, 0.05) is 29.0 Å². The Kier molecular flexibility index (Phi) is 7.33. The van der Waals surface area contributed by atoms with E-state index < -0.39 is 21.7 Å². The predicted molar refractivity (Wildman–Crippen MR) is 139 cm³/mol. The molecule has 4 rings (SSSR count). The van der Waals surface area contributed by atoms with E-state index in [4.69, 9.17) is 21.1 Å². The molecule has 2 heterocycles. The minimum Gasteiger partial charge on any atom is -0.483 e. The maximum Gasteiger partial charge on any atom is 0.150 e. The zero-order valence-corrected chi connectivity index (χ0v) is 21.3. The Balaban J connectivity index is 1.66. The number of halogens is 1. The monoisotopic (exact) mass is 503 g/mol. The Morgan fingerprint density at radius 2 is 2.09 bits per heavy atom. The smallest absolute Gasteiger partial charge is 0.150 e. The normalized spacial score (nSPS) is 19.2. The number of hydrogen-bond donors (Lipinski definition) is 2. The van der Waals surface area contributed by atoms with Crippen molar-refractivity contribution in [3.05, 3.63) is 52.8 Å². The Labute approximate surface area is 205 Å². The number of hydrogen-bond acceptors (Lipinski definition) is 7. The van der Waals surface area contributed by atoms with Crippen molar-refractivity contribution in [3.8, 4) is 5.75 Å². The molecular weight excluding hydrogens is 474 g/mol. The first-order chi connectivity index (χ1) is 16.1. The van der Waals surface area contributed by atoms with Gasteiger partial charge in [-0.3, -0.25) is 4.21 Å². The number of nitrogens with zero attached hydrogens (tertiary/aromatic N) is 2. The molecule has 7 nitrogen and oxygen atoms in total. The van der Waals surface area contributed by atoms with Crippen molar-refractivity contribution in [1.29, 1.82) is 0 Å². The molecular formula is C25H30ClN3O4S. The molecule has 0 spiro atoms. The molecule has 182 valence electrons. The molecule has 2 N–H and O–H groups in total. The fraction of sp³-hybridized carbons (Fsp3) is 0.400. The summed E-state index contributed by atoms with van der Waals surface area (Å²) in [6, 6.07) is 9.49. The van der Waals surface area contributed by atoms with Crippen molar-refractivity contribution in [3.63, 3.8) is 0 Å².